The van der Waals surface area contributed by atoms with E-state index in [9.17, 15) is 0 Å². The molecule has 202 valence electrons. The fourth-order valence-electron chi connectivity index (χ4n) is 5.53. The number of benzene rings is 5. The molecule has 2 atom stereocenters. The highest BCUT2D eigenvalue weighted by molar-refractivity contribution is 7.99. The summed E-state index contributed by atoms with van der Waals surface area (Å²) in [6.45, 7) is 0.472. The number of hydrogen-bond acceptors (Lipinski definition) is 6. The lowest BCUT2D eigenvalue weighted by Crippen LogP contribution is -2.58. The second kappa shape index (κ2) is 11.1. The first-order chi connectivity index (χ1) is 20.3. The fourth-order valence-corrected chi connectivity index (χ4v) is 6.59. The monoisotopic (exact) mass is 553 g/mol. The van der Waals surface area contributed by atoms with Crippen LogP contribution in [0.3, 0.4) is 0 Å². The zero-order valence-corrected chi connectivity index (χ0v) is 23.3. The second-order valence-corrected chi connectivity index (χ2v) is 11.2. The molecule has 0 fully saturated rings. The molecule has 41 heavy (non-hydrogen) atoms. The number of hydrogen-bond donors (Lipinski definition) is 4. The van der Waals surface area contributed by atoms with Gasteiger partial charge in [-0.15, -0.1) is 0 Å². The highest BCUT2D eigenvalue weighted by Gasteiger charge is 2.30. The summed E-state index contributed by atoms with van der Waals surface area (Å²) in [7, 11) is 0. The minimum atomic E-state index is -0.0838. The van der Waals surface area contributed by atoms with Crippen LogP contribution < -0.4 is 26.6 Å². The fraction of sp³-hybridized carbons (Fsp3) is 0.0857. The molecule has 2 aliphatic rings. The first-order valence-electron chi connectivity index (χ1n) is 13.9. The lowest BCUT2D eigenvalue weighted by molar-refractivity contribution is 0.468. The molecule has 0 bridgehead atoms. The minimum Gasteiger partial charge on any atom is -0.375 e. The van der Waals surface area contributed by atoms with Gasteiger partial charge in [0.25, 0.3) is 0 Å². The molecule has 6 heteroatoms. The Morgan fingerprint density at radius 2 is 1.15 bits per heavy atom. The van der Waals surface area contributed by atoms with Crippen molar-refractivity contribution in [2.24, 2.45) is 5.73 Å². The third-order valence-electron chi connectivity index (χ3n) is 7.54. The van der Waals surface area contributed by atoms with Crippen LogP contribution in [0.1, 0.15) is 11.1 Å². The molecule has 0 aromatic heterocycles. The standard InChI is InChI=1S/C35H31N5S/c36-23-28-35(37-26-13-5-2-6-14-26)39-34(24-11-3-1-4-12-24)33(38-28)25-19-21-27(22-20-25)40-29-15-7-9-17-31(29)41-32-18-10-8-16-30(32)40/h1-22,28,35,37-39H,23,36H2. The number of anilines is 4. The van der Waals surface area contributed by atoms with Crippen LogP contribution >= 0.6 is 11.8 Å². The van der Waals surface area contributed by atoms with Gasteiger partial charge in [-0.25, -0.2) is 0 Å². The summed E-state index contributed by atoms with van der Waals surface area (Å²) in [5.41, 5.74) is 15.2. The summed E-state index contributed by atoms with van der Waals surface area (Å²) in [6.07, 6.45) is -0.0838. The van der Waals surface area contributed by atoms with Gasteiger partial charge in [-0.2, -0.15) is 0 Å². The number of nitrogens with zero attached hydrogens (tertiary/aromatic N) is 1. The molecule has 5 aromatic rings. The van der Waals surface area contributed by atoms with Gasteiger partial charge in [0.2, 0.25) is 0 Å². The first kappa shape index (κ1) is 25.3. The van der Waals surface area contributed by atoms with Gasteiger partial charge in [0, 0.05) is 27.7 Å². The Morgan fingerprint density at radius 1 is 0.610 bits per heavy atom. The Balaban J connectivity index is 1.28. The zero-order valence-electron chi connectivity index (χ0n) is 22.5. The molecule has 0 saturated carbocycles. The van der Waals surface area contributed by atoms with E-state index in [0.29, 0.717) is 6.54 Å². The van der Waals surface area contributed by atoms with Gasteiger partial charge in [-0.1, -0.05) is 96.7 Å². The molecule has 2 unspecified atom stereocenters. The average Bonchev–Trinajstić information content (AvgIpc) is 3.04. The molecule has 0 amide bonds. The molecule has 0 aliphatic carbocycles. The van der Waals surface area contributed by atoms with E-state index in [1.54, 1.807) is 0 Å². The quantitative estimate of drug-likeness (QED) is 0.172. The first-order valence-corrected chi connectivity index (χ1v) is 14.7. The summed E-state index contributed by atoms with van der Waals surface area (Å²) in [4.78, 5) is 4.86. The maximum atomic E-state index is 6.31. The van der Waals surface area contributed by atoms with Gasteiger partial charge in [0.1, 0.15) is 6.17 Å². The molecule has 2 aliphatic heterocycles. The van der Waals surface area contributed by atoms with E-state index in [1.165, 1.54) is 21.2 Å². The summed E-state index contributed by atoms with van der Waals surface area (Å²) in [5, 5.41) is 11.2. The van der Waals surface area contributed by atoms with Crippen LogP contribution in [-0.2, 0) is 0 Å². The molecule has 0 saturated heterocycles. The van der Waals surface area contributed by atoms with Gasteiger partial charge in [0.05, 0.1) is 28.8 Å². The van der Waals surface area contributed by atoms with Crippen LogP contribution in [0.4, 0.5) is 22.7 Å². The molecule has 2 heterocycles. The van der Waals surface area contributed by atoms with E-state index in [0.717, 1.165) is 33.9 Å². The molecule has 0 spiro atoms. The maximum absolute atomic E-state index is 6.31. The lowest BCUT2D eigenvalue weighted by Gasteiger charge is -2.38. The Kier molecular flexibility index (Phi) is 6.85. The van der Waals surface area contributed by atoms with E-state index in [1.807, 2.05) is 36.0 Å². The van der Waals surface area contributed by atoms with Crippen LogP contribution in [0.25, 0.3) is 11.4 Å². The van der Waals surface area contributed by atoms with Crippen molar-refractivity contribution in [3.05, 3.63) is 145 Å². The van der Waals surface area contributed by atoms with Crippen molar-refractivity contribution in [3.8, 4) is 0 Å². The van der Waals surface area contributed by atoms with Gasteiger partial charge in [0.15, 0.2) is 0 Å². The topological polar surface area (TPSA) is 65.3 Å². The highest BCUT2D eigenvalue weighted by Crippen LogP contribution is 2.51. The molecular weight excluding hydrogens is 522 g/mol. The van der Waals surface area contributed by atoms with Crippen molar-refractivity contribution in [3.63, 3.8) is 0 Å². The molecule has 5 N–H and O–H groups in total. The number of nitrogens with one attached hydrogen (secondary N) is 3. The van der Waals surface area contributed by atoms with Crippen LogP contribution in [-0.4, -0.2) is 18.8 Å². The highest BCUT2D eigenvalue weighted by atomic mass is 32.2. The smallest absolute Gasteiger partial charge is 0.119 e. The van der Waals surface area contributed by atoms with E-state index in [2.05, 4.69) is 130 Å². The van der Waals surface area contributed by atoms with Gasteiger partial charge < -0.3 is 26.6 Å². The number of nitrogens with two attached hydrogens (primary N) is 1. The lowest BCUT2D eigenvalue weighted by atomic mass is 9.99. The SMILES string of the molecule is NCC1NC(c2ccc(N3c4ccccc4Sc4ccccc43)cc2)=C(c2ccccc2)NC1Nc1ccccc1. The zero-order chi connectivity index (χ0) is 27.6. The number of rotatable bonds is 6. The number of fused-ring (bicyclic) bond motifs is 2. The van der Waals surface area contributed by atoms with Crippen molar-refractivity contribution in [2.75, 3.05) is 16.8 Å². The Bertz CT molecular complexity index is 1640. The molecule has 5 nitrogen and oxygen atoms in total. The van der Waals surface area contributed by atoms with Crippen molar-refractivity contribution >= 4 is 45.9 Å². The second-order valence-electron chi connectivity index (χ2n) is 10.2. The van der Waals surface area contributed by atoms with E-state index < -0.39 is 0 Å². The molecule has 7 rings (SSSR count). The van der Waals surface area contributed by atoms with Crippen molar-refractivity contribution in [1.29, 1.82) is 0 Å². The van der Waals surface area contributed by atoms with Crippen molar-refractivity contribution in [2.45, 2.75) is 22.0 Å². The summed E-state index contributed by atoms with van der Waals surface area (Å²) in [5.74, 6) is 0. The predicted octanol–water partition coefficient (Wildman–Crippen LogP) is 7.41. The minimum absolute atomic E-state index is 0.0183. The van der Waals surface area contributed by atoms with Gasteiger partial charge >= 0.3 is 0 Å². The summed E-state index contributed by atoms with van der Waals surface area (Å²) in [6, 6.07) is 46.7. The van der Waals surface area contributed by atoms with Crippen LogP contribution in [0.15, 0.2) is 143 Å². The Labute approximate surface area is 245 Å². The van der Waals surface area contributed by atoms with Crippen LogP contribution in [0.5, 0.6) is 0 Å². The largest absolute Gasteiger partial charge is 0.375 e. The van der Waals surface area contributed by atoms with Gasteiger partial charge in [-0.05, 0) is 59.7 Å². The third kappa shape index (κ3) is 4.92. The molecular formula is C35H31N5S. The predicted molar refractivity (Wildman–Crippen MR) is 171 cm³/mol. The van der Waals surface area contributed by atoms with E-state index >= 15 is 0 Å². The third-order valence-corrected chi connectivity index (χ3v) is 8.67. The summed E-state index contributed by atoms with van der Waals surface area (Å²) >= 11 is 1.82. The number of para-hydroxylation sites is 3. The normalized spacial score (nSPS) is 17.6. The van der Waals surface area contributed by atoms with Crippen molar-refractivity contribution in [1.82, 2.24) is 10.6 Å². The molecule has 0 radical (unpaired) electrons. The van der Waals surface area contributed by atoms with E-state index in [-0.39, 0.29) is 12.2 Å². The summed E-state index contributed by atoms with van der Waals surface area (Å²) < 4.78 is 0. The van der Waals surface area contributed by atoms with Gasteiger partial charge in [-0.3, -0.25) is 0 Å². The average molecular weight is 554 g/mol. The maximum Gasteiger partial charge on any atom is 0.119 e. The molecule has 5 aromatic carbocycles. The Morgan fingerprint density at radius 3 is 1.78 bits per heavy atom. The van der Waals surface area contributed by atoms with Crippen molar-refractivity contribution < 1.29 is 0 Å². The Hall–Kier alpha value is -4.65. The van der Waals surface area contributed by atoms with Crippen LogP contribution in [0.2, 0.25) is 0 Å². The van der Waals surface area contributed by atoms with E-state index in [4.69, 9.17) is 5.73 Å². The van der Waals surface area contributed by atoms with Crippen LogP contribution in [0, 0.1) is 0 Å².